The third-order valence-electron chi connectivity index (χ3n) is 3.17. The van der Waals surface area contributed by atoms with Crippen molar-refractivity contribution in [3.8, 4) is 0 Å². The lowest BCUT2D eigenvalue weighted by atomic mass is 10.1. The average Bonchev–Trinajstić information content (AvgIpc) is 2.61. The highest BCUT2D eigenvalue weighted by Crippen LogP contribution is 2.32. The maximum atomic E-state index is 12.0. The molecule has 1 aromatic carbocycles. The van der Waals surface area contributed by atoms with Crippen molar-refractivity contribution in [1.82, 2.24) is 0 Å². The van der Waals surface area contributed by atoms with Crippen LogP contribution in [0.15, 0.2) is 22.7 Å². The summed E-state index contributed by atoms with van der Waals surface area (Å²) in [7, 11) is 1.68. The lowest BCUT2D eigenvalue weighted by Gasteiger charge is -2.19. The largest absolute Gasteiger partial charge is 0.312 e. The van der Waals surface area contributed by atoms with E-state index in [0.717, 1.165) is 15.7 Å². The van der Waals surface area contributed by atoms with Crippen LogP contribution in [0.2, 0.25) is 0 Å². The van der Waals surface area contributed by atoms with Crippen LogP contribution in [0.25, 0.3) is 0 Å². The number of carbonyl (C=O) groups is 1. The Balaban J connectivity index is 2.23. The number of nitrogens with zero attached hydrogens (tertiary/aromatic N) is 1. The van der Waals surface area contributed by atoms with Gasteiger partial charge in [0.1, 0.15) is 0 Å². The van der Waals surface area contributed by atoms with Crippen LogP contribution in [0.4, 0.5) is 5.69 Å². The molecule has 1 aromatic rings. The number of halogens is 2. The van der Waals surface area contributed by atoms with Crippen LogP contribution in [0.5, 0.6) is 0 Å². The van der Waals surface area contributed by atoms with Gasteiger partial charge in [-0.25, -0.2) is 8.42 Å². The van der Waals surface area contributed by atoms with Crippen LogP contribution in [-0.4, -0.2) is 26.6 Å². The van der Waals surface area contributed by atoms with Crippen molar-refractivity contribution in [3.63, 3.8) is 0 Å². The first-order valence-electron chi connectivity index (χ1n) is 5.76. The molecule has 0 aliphatic carbocycles. The van der Waals surface area contributed by atoms with Crippen molar-refractivity contribution in [3.05, 3.63) is 28.2 Å². The zero-order chi connectivity index (χ0) is 14.2. The van der Waals surface area contributed by atoms with Crippen LogP contribution >= 0.6 is 26.6 Å². The number of rotatable bonds is 3. The summed E-state index contributed by atoms with van der Waals surface area (Å²) in [6.07, 6.45) is 0.220. The van der Waals surface area contributed by atoms with E-state index in [9.17, 15) is 13.2 Å². The molecule has 1 unspecified atom stereocenters. The highest BCUT2D eigenvalue weighted by molar-refractivity contribution is 9.10. The number of hydrogen-bond donors (Lipinski definition) is 0. The van der Waals surface area contributed by atoms with Crippen LogP contribution in [0.1, 0.15) is 12.0 Å². The lowest BCUT2D eigenvalue weighted by Crippen LogP contribution is -2.26. The van der Waals surface area contributed by atoms with Gasteiger partial charge in [0.25, 0.3) is 0 Å². The Morgan fingerprint density at radius 1 is 1.47 bits per heavy atom. The van der Waals surface area contributed by atoms with Gasteiger partial charge in [0.05, 0.1) is 5.75 Å². The molecular weight excluding hydrogens is 354 g/mol. The molecular formula is C12H13BrClNO3S. The fourth-order valence-corrected chi connectivity index (χ4v) is 3.97. The molecule has 0 N–H and O–H groups in total. The van der Waals surface area contributed by atoms with E-state index in [1.54, 1.807) is 4.90 Å². The van der Waals surface area contributed by atoms with Gasteiger partial charge in [-0.1, -0.05) is 22.0 Å². The summed E-state index contributed by atoms with van der Waals surface area (Å²) in [5.41, 5.74) is 1.78. The van der Waals surface area contributed by atoms with Gasteiger partial charge < -0.3 is 4.90 Å². The predicted octanol–water partition coefficient (Wildman–Crippen LogP) is 2.68. The third-order valence-corrected chi connectivity index (χ3v) is 5.28. The highest BCUT2D eigenvalue weighted by atomic mass is 79.9. The minimum Gasteiger partial charge on any atom is -0.312 e. The Morgan fingerprint density at radius 3 is 2.79 bits per heavy atom. The summed E-state index contributed by atoms with van der Waals surface area (Å²) in [6, 6.07) is 5.61. The van der Waals surface area contributed by atoms with Crippen molar-refractivity contribution in [2.75, 3.05) is 17.2 Å². The maximum absolute atomic E-state index is 12.0. The molecule has 0 aromatic heterocycles. The monoisotopic (exact) mass is 365 g/mol. The zero-order valence-electron chi connectivity index (χ0n) is 10.3. The normalized spacial score (nSPS) is 20.1. The van der Waals surface area contributed by atoms with Crippen molar-refractivity contribution in [2.45, 2.75) is 13.3 Å². The summed E-state index contributed by atoms with van der Waals surface area (Å²) in [6.45, 7) is 2.31. The van der Waals surface area contributed by atoms with E-state index in [-0.39, 0.29) is 24.0 Å². The molecule has 1 fully saturated rings. The molecule has 19 heavy (non-hydrogen) atoms. The second-order valence-corrected chi connectivity index (χ2v) is 8.34. The van der Waals surface area contributed by atoms with E-state index in [1.165, 1.54) is 0 Å². The minimum absolute atomic E-state index is 0.0634. The molecule has 1 aliphatic rings. The molecule has 0 radical (unpaired) electrons. The molecule has 0 saturated carbocycles. The van der Waals surface area contributed by atoms with Crippen LogP contribution in [0, 0.1) is 12.8 Å². The molecule has 7 heteroatoms. The van der Waals surface area contributed by atoms with E-state index in [4.69, 9.17) is 10.7 Å². The van der Waals surface area contributed by atoms with E-state index < -0.39 is 9.05 Å². The third kappa shape index (κ3) is 3.49. The summed E-state index contributed by atoms with van der Waals surface area (Å²) in [4.78, 5) is 13.6. The Kier molecular flexibility index (Phi) is 4.23. The molecule has 1 atom stereocenters. The fraction of sp³-hybridized carbons (Fsp3) is 0.417. The van der Waals surface area contributed by atoms with Gasteiger partial charge in [-0.2, -0.15) is 0 Å². The van der Waals surface area contributed by atoms with Crippen molar-refractivity contribution in [2.24, 2.45) is 5.92 Å². The Labute approximate surface area is 125 Å². The summed E-state index contributed by atoms with van der Waals surface area (Å²) < 4.78 is 23.1. The standard InChI is InChI=1S/C12H13BrClNO3S/c1-8-10(13)3-2-4-11(8)15-6-9(5-12(15)16)7-19(14,17)18/h2-4,9H,5-7H2,1H3. The highest BCUT2D eigenvalue weighted by Gasteiger charge is 2.33. The topological polar surface area (TPSA) is 54.5 Å². The van der Waals surface area contributed by atoms with E-state index >= 15 is 0 Å². The molecule has 2 rings (SSSR count). The van der Waals surface area contributed by atoms with Crippen LogP contribution in [-0.2, 0) is 13.8 Å². The summed E-state index contributed by atoms with van der Waals surface area (Å²) in [5, 5.41) is 0. The van der Waals surface area contributed by atoms with Gasteiger partial charge in [-0.15, -0.1) is 0 Å². The van der Waals surface area contributed by atoms with E-state index in [1.807, 2.05) is 25.1 Å². The second-order valence-electron chi connectivity index (χ2n) is 4.66. The second kappa shape index (κ2) is 5.42. The van der Waals surface area contributed by atoms with Crippen LogP contribution < -0.4 is 4.90 Å². The first-order valence-corrected chi connectivity index (χ1v) is 9.03. The van der Waals surface area contributed by atoms with Gasteiger partial charge in [0.15, 0.2) is 0 Å². The van der Waals surface area contributed by atoms with Gasteiger partial charge in [-0.05, 0) is 24.6 Å². The molecule has 0 bridgehead atoms. The van der Waals surface area contributed by atoms with Gasteiger partial charge in [-0.3, -0.25) is 4.79 Å². The van der Waals surface area contributed by atoms with Gasteiger partial charge in [0, 0.05) is 39.7 Å². The zero-order valence-corrected chi connectivity index (χ0v) is 13.4. The van der Waals surface area contributed by atoms with Gasteiger partial charge in [0.2, 0.25) is 15.0 Å². The van der Waals surface area contributed by atoms with Crippen molar-refractivity contribution in [1.29, 1.82) is 0 Å². The lowest BCUT2D eigenvalue weighted by molar-refractivity contribution is -0.117. The number of hydrogen-bond acceptors (Lipinski definition) is 3. The minimum atomic E-state index is -3.57. The molecule has 1 saturated heterocycles. The molecule has 1 aliphatic heterocycles. The number of benzene rings is 1. The number of anilines is 1. The van der Waals surface area contributed by atoms with E-state index in [0.29, 0.717) is 6.54 Å². The van der Waals surface area contributed by atoms with Crippen LogP contribution in [0.3, 0.4) is 0 Å². The first-order chi connectivity index (χ1) is 8.78. The van der Waals surface area contributed by atoms with Crippen molar-refractivity contribution >= 4 is 47.3 Å². The molecule has 1 amide bonds. The Bertz CT molecular complexity index is 617. The van der Waals surface area contributed by atoms with Crippen molar-refractivity contribution < 1.29 is 13.2 Å². The predicted molar refractivity (Wildman–Crippen MR) is 79.0 cm³/mol. The molecule has 104 valence electrons. The summed E-state index contributed by atoms with van der Waals surface area (Å²) in [5.74, 6) is -0.469. The number of amides is 1. The quantitative estimate of drug-likeness (QED) is 0.773. The Hall–Kier alpha value is -0.590. The fourth-order valence-electron chi connectivity index (χ4n) is 2.30. The Morgan fingerprint density at radius 2 is 2.16 bits per heavy atom. The summed E-state index contributed by atoms with van der Waals surface area (Å²) >= 11 is 3.42. The average molecular weight is 367 g/mol. The molecule has 4 nitrogen and oxygen atoms in total. The molecule has 1 heterocycles. The van der Waals surface area contributed by atoms with E-state index in [2.05, 4.69) is 15.9 Å². The first kappa shape index (κ1) is 14.8. The smallest absolute Gasteiger partial charge is 0.232 e. The SMILES string of the molecule is Cc1c(Br)cccc1N1CC(CS(=O)(=O)Cl)CC1=O. The maximum Gasteiger partial charge on any atom is 0.232 e. The number of carbonyl (C=O) groups excluding carboxylic acids is 1. The van der Waals surface area contributed by atoms with Gasteiger partial charge >= 0.3 is 0 Å². The molecule has 0 spiro atoms.